The fourth-order valence-corrected chi connectivity index (χ4v) is 3.30. The van der Waals surface area contributed by atoms with Gasteiger partial charge in [0.15, 0.2) is 0 Å². The van der Waals surface area contributed by atoms with Crippen LogP contribution in [0.5, 0.6) is 0 Å². The van der Waals surface area contributed by atoms with Crippen molar-refractivity contribution in [1.29, 1.82) is 0 Å². The molecule has 2 aromatic carbocycles. The van der Waals surface area contributed by atoms with Gasteiger partial charge in [-0.1, -0.05) is 42.5 Å². The number of para-hydroxylation sites is 1. The van der Waals surface area contributed by atoms with Crippen molar-refractivity contribution in [2.75, 3.05) is 36.4 Å². The van der Waals surface area contributed by atoms with Gasteiger partial charge in [0, 0.05) is 11.4 Å². The normalized spacial score (nSPS) is 16.0. The fraction of sp³-hybridized carbons (Fsp3) is 0.300. The van der Waals surface area contributed by atoms with E-state index in [2.05, 4.69) is 58.9 Å². The van der Waals surface area contributed by atoms with Crippen molar-refractivity contribution in [2.24, 2.45) is 0 Å². The van der Waals surface area contributed by atoms with Gasteiger partial charge in [-0.05, 0) is 24.6 Å². The molecule has 1 atom stereocenters. The summed E-state index contributed by atoms with van der Waals surface area (Å²) in [6.45, 7) is 6.35. The van der Waals surface area contributed by atoms with E-state index in [0.29, 0.717) is 0 Å². The molecule has 3 N–H and O–H groups in total. The predicted octanol–water partition coefficient (Wildman–Crippen LogP) is 2.19. The molecular formula is C20H24N5+. The quantitative estimate of drug-likeness (QED) is 0.768. The molecule has 0 bridgehead atoms. The van der Waals surface area contributed by atoms with E-state index in [4.69, 9.17) is 9.97 Å². The van der Waals surface area contributed by atoms with Crippen LogP contribution >= 0.6 is 0 Å². The largest absolute Gasteiger partial charge is 0.363 e. The maximum atomic E-state index is 4.88. The summed E-state index contributed by atoms with van der Waals surface area (Å²) in [4.78, 5) is 12.0. The van der Waals surface area contributed by atoms with E-state index in [1.54, 1.807) is 0 Å². The van der Waals surface area contributed by atoms with Gasteiger partial charge in [0.2, 0.25) is 5.95 Å². The van der Waals surface area contributed by atoms with Crippen LogP contribution < -0.4 is 15.5 Å². The fourth-order valence-electron chi connectivity index (χ4n) is 3.30. The molecule has 1 aliphatic rings. The maximum Gasteiger partial charge on any atom is 0.228 e. The van der Waals surface area contributed by atoms with Gasteiger partial charge in [0.25, 0.3) is 0 Å². The third-order valence-electron chi connectivity index (χ3n) is 4.73. The van der Waals surface area contributed by atoms with Gasteiger partial charge in [-0.25, -0.2) is 4.98 Å². The minimum atomic E-state index is 0.182. The Labute approximate surface area is 148 Å². The second kappa shape index (κ2) is 7.07. The zero-order chi connectivity index (χ0) is 17.1. The molecule has 4 rings (SSSR count). The van der Waals surface area contributed by atoms with Crippen LogP contribution in [0.15, 0.2) is 54.6 Å². The lowest BCUT2D eigenvalue weighted by Gasteiger charge is -2.26. The lowest BCUT2D eigenvalue weighted by Crippen LogP contribution is -2.89. The smallest absolute Gasteiger partial charge is 0.228 e. The third kappa shape index (κ3) is 3.42. The summed E-state index contributed by atoms with van der Waals surface area (Å²) < 4.78 is 0. The Balaban J connectivity index is 1.70. The number of rotatable bonds is 4. The topological polar surface area (TPSA) is 57.7 Å². The van der Waals surface area contributed by atoms with E-state index < -0.39 is 0 Å². The second-order valence-corrected chi connectivity index (χ2v) is 6.52. The summed E-state index contributed by atoms with van der Waals surface area (Å²) in [5.41, 5.74) is 2.24. The SMILES string of the molecule is C[C@@H](Nc1nc(N2CC[NH2+]CC2)nc2ccccc12)c1ccccc1. The van der Waals surface area contributed by atoms with Gasteiger partial charge >= 0.3 is 0 Å². The average molecular weight is 334 g/mol. The van der Waals surface area contributed by atoms with Gasteiger partial charge < -0.3 is 15.5 Å². The first-order chi connectivity index (χ1) is 12.3. The van der Waals surface area contributed by atoms with Gasteiger partial charge in [-0.2, -0.15) is 4.98 Å². The number of hydrogen-bond donors (Lipinski definition) is 2. The van der Waals surface area contributed by atoms with E-state index in [1.165, 1.54) is 5.56 Å². The Morgan fingerprint density at radius 1 is 0.960 bits per heavy atom. The standard InChI is InChI=1S/C20H23N5/c1-15(16-7-3-2-4-8-16)22-19-17-9-5-6-10-18(17)23-20(24-19)25-13-11-21-12-14-25/h2-10,15,21H,11-14H2,1H3,(H,22,23,24)/p+1/t15-/m1/s1. The Bertz CT molecular complexity index is 843. The molecule has 5 heteroatoms. The minimum absolute atomic E-state index is 0.182. The maximum absolute atomic E-state index is 4.88. The number of quaternary nitrogens is 1. The van der Waals surface area contributed by atoms with E-state index in [0.717, 1.165) is 48.8 Å². The summed E-state index contributed by atoms with van der Waals surface area (Å²) in [6.07, 6.45) is 0. The molecule has 1 saturated heterocycles. The zero-order valence-electron chi connectivity index (χ0n) is 14.5. The molecule has 0 radical (unpaired) electrons. The number of nitrogens with two attached hydrogens (primary N) is 1. The van der Waals surface area contributed by atoms with Crippen molar-refractivity contribution in [1.82, 2.24) is 9.97 Å². The molecule has 1 aliphatic heterocycles. The molecule has 0 unspecified atom stereocenters. The highest BCUT2D eigenvalue weighted by Gasteiger charge is 2.18. The highest BCUT2D eigenvalue weighted by Crippen LogP contribution is 2.27. The summed E-state index contributed by atoms with van der Waals surface area (Å²) >= 11 is 0. The highest BCUT2D eigenvalue weighted by molar-refractivity contribution is 5.90. The molecule has 3 aromatic rings. The molecule has 0 aliphatic carbocycles. The van der Waals surface area contributed by atoms with E-state index in [9.17, 15) is 0 Å². The van der Waals surface area contributed by atoms with Crippen LogP contribution in [0.3, 0.4) is 0 Å². The number of aromatic nitrogens is 2. The first kappa shape index (κ1) is 15.8. The molecule has 2 heterocycles. The molecule has 0 spiro atoms. The molecule has 1 aromatic heterocycles. The predicted molar refractivity (Wildman–Crippen MR) is 102 cm³/mol. The Morgan fingerprint density at radius 2 is 1.68 bits per heavy atom. The van der Waals surface area contributed by atoms with Crippen molar-refractivity contribution in [3.8, 4) is 0 Å². The molecular weight excluding hydrogens is 310 g/mol. The van der Waals surface area contributed by atoms with Crippen LogP contribution in [0, 0.1) is 0 Å². The number of hydrogen-bond acceptors (Lipinski definition) is 4. The van der Waals surface area contributed by atoms with Crippen LogP contribution in [0.4, 0.5) is 11.8 Å². The van der Waals surface area contributed by atoms with Crippen molar-refractivity contribution < 1.29 is 5.32 Å². The first-order valence-electron chi connectivity index (χ1n) is 8.96. The van der Waals surface area contributed by atoms with Crippen LogP contribution in [-0.4, -0.2) is 36.1 Å². The van der Waals surface area contributed by atoms with E-state index >= 15 is 0 Å². The zero-order valence-corrected chi connectivity index (χ0v) is 14.5. The van der Waals surface area contributed by atoms with Gasteiger partial charge in [0.05, 0.1) is 31.7 Å². The van der Waals surface area contributed by atoms with Crippen LogP contribution in [0.25, 0.3) is 10.9 Å². The summed E-state index contributed by atoms with van der Waals surface area (Å²) in [7, 11) is 0. The number of fused-ring (bicyclic) bond motifs is 1. The number of nitrogens with zero attached hydrogens (tertiary/aromatic N) is 3. The van der Waals surface area contributed by atoms with Crippen LogP contribution in [0.1, 0.15) is 18.5 Å². The third-order valence-corrected chi connectivity index (χ3v) is 4.73. The van der Waals surface area contributed by atoms with Gasteiger partial charge in [-0.3, -0.25) is 0 Å². The molecule has 0 saturated carbocycles. The van der Waals surface area contributed by atoms with Crippen LogP contribution in [-0.2, 0) is 0 Å². The van der Waals surface area contributed by atoms with Crippen molar-refractivity contribution >= 4 is 22.7 Å². The minimum Gasteiger partial charge on any atom is -0.363 e. The number of nitrogens with one attached hydrogen (secondary N) is 1. The van der Waals surface area contributed by atoms with Gasteiger partial charge in [-0.15, -0.1) is 0 Å². The average Bonchev–Trinajstić information content (AvgIpc) is 2.69. The molecule has 25 heavy (non-hydrogen) atoms. The summed E-state index contributed by atoms with van der Waals surface area (Å²) in [5, 5.41) is 7.00. The number of piperazine rings is 1. The number of benzene rings is 2. The van der Waals surface area contributed by atoms with Crippen molar-refractivity contribution in [3.05, 3.63) is 60.2 Å². The van der Waals surface area contributed by atoms with Crippen molar-refractivity contribution in [3.63, 3.8) is 0 Å². The lowest BCUT2D eigenvalue weighted by molar-refractivity contribution is -0.655. The van der Waals surface area contributed by atoms with Crippen molar-refractivity contribution in [2.45, 2.75) is 13.0 Å². The summed E-state index contributed by atoms with van der Waals surface area (Å²) in [5.74, 6) is 1.74. The molecule has 0 amide bonds. The highest BCUT2D eigenvalue weighted by atomic mass is 15.3. The van der Waals surface area contributed by atoms with E-state index in [-0.39, 0.29) is 6.04 Å². The number of anilines is 2. The molecule has 5 nitrogen and oxygen atoms in total. The Hall–Kier alpha value is -2.66. The Kier molecular flexibility index (Phi) is 4.48. The first-order valence-corrected chi connectivity index (χ1v) is 8.96. The lowest BCUT2D eigenvalue weighted by atomic mass is 10.1. The molecule has 1 fully saturated rings. The summed E-state index contributed by atoms with van der Waals surface area (Å²) in [6, 6.07) is 18.9. The second-order valence-electron chi connectivity index (χ2n) is 6.52. The van der Waals surface area contributed by atoms with Crippen LogP contribution in [0.2, 0.25) is 0 Å². The molecule has 128 valence electrons. The van der Waals surface area contributed by atoms with E-state index in [1.807, 2.05) is 18.2 Å². The Morgan fingerprint density at radius 3 is 2.48 bits per heavy atom. The monoisotopic (exact) mass is 334 g/mol. The van der Waals surface area contributed by atoms with Gasteiger partial charge in [0.1, 0.15) is 5.82 Å².